The third-order valence-corrected chi connectivity index (χ3v) is 3.47. The number of aryl methyl sites for hydroxylation is 2. The molecule has 0 aliphatic carbocycles. The molecule has 0 spiro atoms. The van der Waals surface area contributed by atoms with Crippen LogP contribution in [0.5, 0.6) is 0 Å². The number of aromatic nitrogens is 2. The molecule has 1 unspecified atom stereocenters. The summed E-state index contributed by atoms with van der Waals surface area (Å²) in [7, 11) is 0. The van der Waals surface area contributed by atoms with E-state index in [2.05, 4.69) is 48.3 Å². The van der Waals surface area contributed by atoms with Gasteiger partial charge in [-0.3, -0.25) is 0 Å². The van der Waals surface area contributed by atoms with Crippen LogP contribution in [0.4, 0.5) is 0 Å². The van der Waals surface area contributed by atoms with Crippen LogP contribution >= 0.6 is 0 Å². The largest absolute Gasteiger partial charge is 0.339 e. The minimum atomic E-state index is 0.604. The summed E-state index contributed by atoms with van der Waals surface area (Å²) in [5.74, 6) is 2.10. The smallest absolute Gasteiger partial charge is 0.226 e. The van der Waals surface area contributed by atoms with Gasteiger partial charge in [0.15, 0.2) is 5.82 Å². The van der Waals surface area contributed by atoms with E-state index in [0.717, 1.165) is 43.9 Å². The van der Waals surface area contributed by atoms with Crippen molar-refractivity contribution in [3.05, 3.63) is 47.1 Å². The molecule has 0 fully saturated rings. The number of nitrogens with two attached hydrogens (primary N) is 1. The van der Waals surface area contributed by atoms with Crippen LogP contribution in [0.2, 0.25) is 0 Å². The van der Waals surface area contributed by atoms with Crippen LogP contribution in [-0.4, -0.2) is 16.7 Å². The molecule has 0 radical (unpaired) electrons. The molecule has 0 aliphatic heterocycles. The first-order valence-electron chi connectivity index (χ1n) is 7.24. The Hall–Kier alpha value is -1.68. The Labute approximate surface area is 120 Å². The van der Waals surface area contributed by atoms with Crippen LogP contribution in [0.3, 0.4) is 0 Å². The number of hydrogen-bond acceptors (Lipinski definition) is 4. The maximum absolute atomic E-state index is 5.55. The summed E-state index contributed by atoms with van der Waals surface area (Å²) in [5, 5.41) is 4.05. The molecule has 0 aliphatic rings. The van der Waals surface area contributed by atoms with Crippen LogP contribution in [0.25, 0.3) is 0 Å². The first kappa shape index (κ1) is 14.7. The molecule has 1 atom stereocenters. The zero-order valence-corrected chi connectivity index (χ0v) is 12.3. The van der Waals surface area contributed by atoms with Gasteiger partial charge in [-0.15, -0.1) is 0 Å². The molecule has 4 nitrogen and oxygen atoms in total. The fraction of sp³-hybridized carbons (Fsp3) is 0.500. The van der Waals surface area contributed by atoms with Gasteiger partial charge in [0.1, 0.15) is 0 Å². The van der Waals surface area contributed by atoms with Crippen molar-refractivity contribution in [1.29, 1.82) is 0 Å². The zero-order chi connectivity index (χ0) is 14.4. The molecule has 1 aromatic carbocycles. The fourth-order valence-corrected chi connectivity index (χ4v) is 2.27. The van der Waals surface area contributed by atoms with Gasteiger partial charge in [-0.1, -0.05) is 41.9 Å². The quantitative estimate of drug-likeness (QED) is 0.842. The van der Waals surface area contributed by atoms with Crippen molar-refractivity contribution in [2.45, 2.75) is 39.5 Å². The van der Waals surface area contributed by atoms with Crippen LogP contribution in [0, 0.1) is 12.8 Å². The average molecular weight is 273 g/mol. The first-order valence-corrected chi connectivity index (χ1v) is 7.24. The summed E-state index contributed by atoms with van der Waals surface area (Å²) in [6.45, 7) is 5.03. The molecule has 0 amide bonds. The zero-order valence-electron chi connectivity index (χ0n) is 12.3. The second kappa shape index (κ2) is 7.20. The molecule has 4 heteroatoms. The van der Waals surface area contributed by atoms with E-state index in [-0.39, 0.29) is 0 Å². The molecule has 0 bridgehead atoms. The first-order chi connectivity index (χ1) is 9.67. The van der Waals surface area contributed by atoms with Gasteiger partial charge >= 0.3 is 0 Å². The number of nitrogens with zero attached hydrogens (tertiary/aromatic N) is 2. The van der Waals surface area contributed by atoms with Gasteiger partial charge in [0, 0.05) is 12.8 Å². The minimum absolute atomic E-state index is 0.604. The molecule has 20 heavy (non-hydrogen) atoms. The molecule has 1 heterocycles. The highest BCUT2D eigenvalue weighted by molar-refractivity contribution is 5.24. The van der Waals surface area contributed by atoms with Gasteiger partial charge in [0.25, 0.3) is 0 Å². The molecular weight excluding hydrogens is 250 g/mol. The molecule has 2 rings (SSSR count). The second-order valence-electron chi connectivity index (χ2n) is 5.49. The van der Waals surface area contributed by atoms with E-state index in [4.69, 9.17) is 10.3 Å². The summed E-state index contributed by atoms with van der Waals surface area (Å²) in [6.07, 6.45) is 3.65. The van der Waals surface area contributed by atoms with Crippen molar-refractivity contribution in [1.82, 2.24) is 10.1 Å². The van der Waals surface area contributed by atoms with Crippen molar-refractivity contribution in [3.8, 4) is 0 Å². The third kappa shape index (κ3) is 4.46. The molecule has 2 aromatic rings. The second-order valence-corrected chi connectivity index (χ2v) is 5.49. The Bertz CT molecular complexity index is 536. The number of hydrogen-bond donors (Lipinski definition) is 1. The molecular formula is C16H23N3O. The van der Waals surface area contributed by atoms with Crippen molar-refractivity contribution < 1.29 is 4.52 Å². The number of rotatable bonds is 7. The van der Waals surface area contributed by atoms with Crippen LogP contribution in [-0.2, 0) is 12.8 Å². The Morgan fingerprint density at radius 3 is 2.90 bits per heavy atom. The number of benzene rings is 1. The summed E-state index contributed by atoms with van der Waals surface area (Å²) in [5.41, 5.74) is 8.02. The Morgan fingerprint density at radius 1 is 1.30 bits per heavy atom. The predicted octanol–water partition coefficient (Wildman–Crippen LogP) is 2.89. The highest BCUT2D eigenvalue weighted by Crippen LogP contribution is 2.13. The monoisotopic (exact) mass is 273 g/mol. The van der Waals surface area contributed by atoms with Gasteiger partial charge in [0.2, 0.25) is 5.89 Å². The van der Waals surface area contributed by atoms with Gasteiger partial charge in [0.05, 0.1) is 0 Å². The van der Waals surface area contributed by atoms with Gasteiger partial charge in [-0.05, 0) is 37.8 Å². The van der Waals surface area contributed by atoms with Gasteiger partial charge in [-0.2, -0.15) is 4.98 Å². The van der Waals surface area contributed by atoms with E-state index in [1.54, 1.807) is 0 Å². The van der Waals surface area contributed by atoms with Crippen molar-refractivity contribution in [2.24, 2.45) is 11.7 Å². The molecule has 0 saturated carbocycles. The van der Waals surface area contributed by atoms with Crippen molar-refractivity contribution in [3.63, 3.8) is 0 Å². The van der Waals surface area contributed by atoms with E-state index < -0.39 is 0 Å². The van der Waals surface area contributed by atoms with E-state index >= 15 is 0 Å². The summed E-state index contributed by atoms with van der Waals surface area (Å²) < 4.78 is 5.30. The summed E-state index contributed by atoms with van der Waals surface area (Å²) >= 11 is 0. The Kier molecular flexibility index (Phi) is 5.30. The topological polar surface area (TPSA) is 64.9 Å². The normalized spacial score (nSPS) is 12.6. The van der Waals surface area contributed by atoms with Crippen LogP contribution < -0.4 is 5.73 Å². The average Bonchev–Trinajstić information content (AvgIpc) is 2.84. The third-order valence-electron chi connectivity index (χ3n) is 3.47. The maximum atomic E-state index is 5.55. The lowest BCUT2D eigenvalue weighted by Crippen LogP contribution is -2.06. The van der Waals surface area contributed by atoms with Gasteiger partial charge < -0.3 is 10.3 Å². The van der Waals surface area contributed by atoms with E-state index in [1.165, 1.54) is 11.1 Å². The van der Waals surface area contributed by atoms with Gasteiger partial charge in [-0.25, -0.2) is 0 Å². The van der Waals surface area contributed by atoms with Crippen molar-refractivity contribution in [2.75, 3.05) is 6.54 Å². The van der Waals surface area contributed by atoms with Crippen molar-refractivity contribution >= 4 is 0 Å². The summed E-state index contributed by atoms with van der Waals surface area (Å²) in [6, 6.07) is 8.38. The van der Waals surface area contributed by atoms with Crippen LogP contribution in [0.15, 0.2) is 28.8 Å². The highest BCUT2D eigenvalue weighted by Gasteiger charge is 2.09. The fourth-order valence-electron chi connectivity index (χ4n) is 2.27. The molecule has 1 aromatic heterocycles. The molecule has 0 saturated heterocycles. The molecule has 2 N–H and O–H groups in total. The van der Waals surface area contributed by atoms with Crippen LogP contribution in [0.1, 0.15) is 42.6 Å². The lowest BCUT2D eigenvalue weighted by molar-refractivity contribution is 0.358. The lowest BCUT2D eigenvalue weighted by Gasteiger charge is -2.06. The van der Waals surface area contributed by atoms with E-state index in [0.29, 0.717) is 5.92 Å². The SMILES string of the molecule is Cc1cccc(Cc2noc(CCC(C)CCN)n2)c1. The lowest BCUT2D eigenvalue weighted by atomic mass is 10.0. The highest BCUT2D eigenvalue weighted by atomic mass is 16.5. The summed E-state index contributed by atoms with van der Waals surface area (Å²) in [4.78, 5) is 4.46. The molecule has 108 valence electrons. The maximum Gasteiger partial charge on any atom is 0.226 e. The van der Waals surface area contributed by atoms with E-state index in [9.17, 15) is 0 Å². The predicted molar refractivity (Wildman–Crippen MR) is 79.4 cm³/mol. The Balaban J connectivity index is 1.89. The Morgan fingerprint density at radius 2 is 2.15 bits per heavy atom. The minimum Gasteiger partial charge on any atom is -0.339 e. The van der Waals surface area contributed by atoms with E-state index in [1.807, 2.05) is 0 Å². The standard InChI is InChI=1S/C16H23N3O/c1-12(8-9-17)6-7-16-18-15(19-20-16)11-14-5-3-4-13(2)10-14/h3-5,10,12H,6-9,11,17H2,1-2H3.